The number of fused-ring (bicyclic) bond motifs is 1. The zero-order valence-electron chi connectivity index (χ0n) is 14.4. The van der Waals surface area contributed by atoms with Crippen molar-refractivity contribution in [2.45, 2.75) is 39.3 Å². The van der Waals surface area contributed by atoms with Gasteiger partial charge in [0.15, 0.2) is 0 Å². The maximum atomic E-state index is 12.4. The number of rotatable bonds is 5. The SMILES string of the molecule is COC(=O)C1CC1C(=O)NC(C)c1nc2ccccc2n1C(C)C. The molecule has 1 N–H and O–H groups in total. The normalized spacial score (nSPS) is 20.9. The van der Waals surface area contributed by atoms with Crippen molar-refractivity contribution in [2.24, 2.45) is 11.8 Å². The van der Waals surface area contributed by atoms with Crippen LogP contribution in [0.2, 0.25) is 0 Å². The van der Waals surface area contributed by atoms with E-state index in [1.54, 1.807) is 0 Å². The summed E-state index contributed by atoms with van der Waals surface area (Å²) in [6, 6.07) is 7.95. The average Bonchev–Trinajstić information content (AvgIpc) is 3.26. The Labute approximate surface area is 141 Å². The molecule has 1 fully saturated rings. The van der Waals surface area contributed by atoms with Gasteiger partial charge in [-0.2, -0.15) is 0 Å². The van der Waals surface area contributed by atoms with E-state index in [2.05, 4.69) is 23.7 Å². The molecule has 1 heterocycles. The molecule has 0 bridgehead atoms. The number of para-hydroxylation sites is 2. The van der Waals surface area contributed by atoms with Gasteiger partial charge in [-0.25, -0.2) is 4.98 Å². The van der Waals surface area contributed by atoms with Crippen molar-refractivity contribution >= 4 is 22.9 Å². The quantitative estimate of drug-likeness (QED) is 0.856. The molecule has 0 spiro atoms. The minimum absolute atomic E-state index is 0.111. The number of nitrogens with zero attached hydrogens (tertiary/aromatic N) is 2. The van der Waals surface area contributed by atoms with Crippen molar-refractivity contribution in [3.63, 3.8) is 0 Å². The number of esters is 1. The van der Waals surface area contributed by atoms with E-state index in [4.69, 9.17) is 9.72 Å². The summed E-state index contributed by atoms with van der Waals surface area (Å²) in [6.45, 7) is 6.12. The minimum atomic E-state index is -0.308. The van der Waals surface area contributed by atoms with Crippen molar-refractivity contribution in [3.05, 3.63) is 30.1 Å². The number of methoxy groups -OCH3 is 1. The molecule has 1 saturated carbocycles. The molecule has 6 heteroatoms. The standard InChI is InChI=1S/C18H23N3O3/c1-10(2)21-15-8-6-5-7-14(15)20-16(21)11(3)19-17(22)12-9-13(12)18(23)24-4/h5-8,10-13H,9H2,1-4H3,(H,19,22). The molecule has 3 unspecified atom stereocenters. The van der Waals surface area contributed by atoms with Crippen LogP contribution in [0.1, 0.15) is 45.1 Å². The summed E-state index contributed by atoms with van der Waals surface area (Å²) < 4.78 is 6.84. The Morgan fingerprint density at radius 3 is 2.62 bits per heavy atom. The van der Waals surface area contributed by atoms with Crippen LogP contribution in [0.3, 0.4) is 0 Å². The lowest BCUT2D eigenvalue weighted by atomic mass is 10.2. The second-order valence-electron chi connectivity index (χ2n) is 6.62. The molecule has 24 heavy (non-hydrogen) atoms. The number of carbonyl (C=O) groups excluding carboxylic acids is 2. The van der Waals surface area contributed by atoms with Crippen molar-refractivity contribution in [3.8, 4) is 0 Å². The molecule has 1 aromatic carbocycles. The molecular weight excluding hydrogens is 306 g/mol. The highest BCUT2D eigenvalue weighted by atomic mass is 16.5. The highest BCUT2D eigenvalue weighted by Gasteiger charge is 2.49. The van der Waals surface area contributed by atoms with E-state index in [-0.39, 0.29) is 35.8 Å². The summed E-state index contributed by atoms with van der Waals surface area (Å²) in [6.07, 6.45) is 0.561. The largest absolute Gasteiger partial charge is 0.469 e. The summed E-state index contributed by atoms with van der Waals surface area (Å²) >= 11 is 0. The summed E-state index contributed by atoms with van der Waals surface area (Å²) in [5, 5.41) is 2.99. The van der Waals surface area contributed by atoms with E-state index in [0.717, 1.165) is 16.9 Å². The molecule has 1 aromatic heterocycles. The van der Waals surface area contributed by atoms with Gasteiger partial charge in [0, 0.05) is 6.04 Å². The van der Waals surface area contributed by atoms with Gasteiger partial charge in [-0.3, -0.25) is 9.59 Å². The summed E-state index contributed by atoms with van der Waals surface area (Å²) in [5.41, 5.74) is 1.98. The number of ether oxygens (including phenoxy) is 1. The average molecular weight is 329 g/mol. The second kappa shape index (κ2) is 6.26. The first kappa shape index (κ1) is 16.5. The highest BCUT2D eigenvalue weighted by Crippen LogP contribution is 2.40. The van der Waals surface area contributed by atoms with Crippen LogP contribution in [0.5, 0.6) is 0 Å². The third kappa shape index (κ3) is 2.88. The zero-order valence-corrected chi connectivity index (χ0v) is 14.4. The Balaban J connectivity index is 1.79. The Kier molecular flexibility index (Phi) is 4.30. The van der Waals surface area contributed by atoms with Gasteiger partial charge in [0.25, 0.3) is 0 Å². The van der Waals surface area contributed by atoms with Crippen molar-refractivity contribution in [2.75, 3.05) is 7.11 Å². The third-order valence-electron chi connectivity index (χ3n) is 4.52. The fourth-order valence-corrected chi connectivity index (χ4v) is 3.19. The molecule has 1 aliphatic carbocycles. The Hall–Kier alpha value is -2.37. The maximum Gasteiger partial charge on any atom is 0.309 e. The maximum absolute atomic E-state index is 12.4. The minimum Gasteiger partial charge on any atom is -0.469 e. The van der Waals surface area contributed by atoms with Crippen LogP contribution in [-0.4, -0.2) is 28.5 Å². The predicted octanol–water partition coefficient (Wildman–Crippen LogP) is 2.60. The topological polar surface area (TPSA) is 73.2 Å². The number of hydrogen-bond acceptors (Lipinski definition) is 4. The van der Waals surface area contributed by atoms with Gasteiger partial charge < -0.3 is 14.6 Å². The first-order valence-electron chi connectivity index (χ1n) is 8.29. The van der Waals surface area contributed by atoms with E-state index >= 15 is 0 Å². The fraction of sp³-hybridized carbons (Fsp3) is 0.500. The van der Waals surface area contributed by atoms with E-state index in [0.29, 0.717) is 6.42 Å². The van der Waals surface area contributed by atoms with Gasteiger partial charge in [0.05, 0.1) is 36.0 Å². The van der Waals surface area contributed by atoms with Crippen LogP contribution >= 0.6 is 0 Å². The number of amides is 1. The Bertz CT molecular complexity index is 781. The van der Waals surface area contributed by atoms with Crippen LogP contribution in [0, 0.1) is 11.8 Å². The van der Waals surface area contributed by atoms with Crippen LogP contribution in [0.25, 0.3) is 11.0 Å². The monoisotopic (exact) mass is 329 g/mol. The van der Waals surface area contributed by atoms with E-state index in [1.165, 1.54) is 7.11 Å². The molecule has 0 saturated heterocycles. The number of aromatic nitrogens is 2. The van der Waals surface area contributed by atoms with Gasteiger partial charge in [-0.05, 0) is 39.3 Å². The lowest BCUT2D eigenvalue weighted by Crippen LogP contribution is -2.31. The number of hydrogen-bond donors (Lipinski definition) is 1. The summed E-state index contributed by atoms with van der Waals surface area (Å²) in [7, 11) is 1.35. The Morgan fingerprint density at radius 1 is 1.25 bits per heavy atom. The molecular formula is C18H23N3O3. The van der Waals surface area contributed by atoms with Gasteiger partial charge in [0.1, 0.15) is 5.82 Å². The highest BCUT2D eigenvalue weighted by molar-refractivity contribution is 5.90. The van der Waals surface area contributed by atoms with E-state index < -0.39 is 0 Å². The summed E-state index contributed by atoms with van der Waals surface area (Å²) in [4.78, 5) is 28.5. The van der Waals surface area contributed by atoms with Crippen LogP contribution < -0.4 is 5.32 Å². The predicted molar refractivity (Wildman–Crippen MR) is 90.3 cm³/mol. The molecule has 6 nitrogen and oxygen atoms in total. The van der Waals surface area contributed by atoms with Crippen molar-refractivity contribution in [1.29, 1.82) is 0 Å². The second-order valence-corrected chi connectivity index (χ2v) is 6.62. The van der Waals surface area contributed by atoms with Gasteiger partial charge >= 0.3 is 5.97 Å². The zero-order chi connectivity index (χ0) is 17.4. The molecule has 2 aromatic rings. The molecule has 0 radical (unpaired) electrons. The molecule has 3 rings (SSSR count). The lowest BCUT2D eigenvalue weighted by Gasteiger charge is -2.18. The smallest absolute Gasteiger partial charge is 0.309 e. The first-order chi connectivity index (χ1) is 11.4. The molecule has 1 amide bonds. The lowest BCUT2D eigenvalue weighted by molar-refractivity contribution is -0.143. The number of carbonyl (C=O) groups is 2. The Morgan fingerprint density at radius 2 is 1.96 bits per heavy atom. The third-order valence-corrected chi connectivity index (χ3v) is 4.52. The van der Waals surface area contributed by atoms with E-state index in [1.807, 2.05) is 31.2 Å². The van der Waals surface area contributed by atoms with Gasteiger partial charge in [0.2, 0.25) is 5.91 Å². The fourth-order valence-electron chi connectivity index (χ4n) is 3.19. The summed E-state index contributed by atoms with van der Waals surface area (Å²) in [5.74, 6) is -0.171. The van der Waals surface area contributed by atoms with E-state index in [9.17, 15) is 9.59 Å². The van der Waals surface area contributed by atoms with Crippen LogP contribution in [0.4, 0.5) is 0 Å². The molecule has 1 aliphatic rings. The van der Waals surface area contributed by atoms with Crippen LogP contribution in [-0.2, 0) is 14.3 Å². The number of nitrogens with one attached hydrogen (secondary N) is 1. The molecule has 128 valence electrons. The van der Waals surface area contributed by atoms with Gasteiger partial charge in [-0.15, -0.1) is 0 Å². The van der Waals surface area contributed by atoms with Crippen molar-refractivity contribution in [1.82, 2.24) is 14.9 Å². The van der Waals surface area contributed by atoms with Crippen molar-refractivity contribution < 1.29 is 14.3 Å². The van der Waals surface area contributed by atoms with Crippen LogP contribution in [0.15, 0.2) is 24.3 Å². The molecule has 3 atom stereocenters. The molecule has 0 aliphatic heterocycles. The number of imidazole rings is 1. The number of benzene rings is 1. The first-order valence-corrected chi connectivity index (χ1v) is 8.29. The van der Waals surface area contributed by atoms with Gasteiger partial charge in [-0.1, -0.05) is 12.1 Å².